The van der Waals surface area contributed by atoms with Gasteiger partial charge in [0.25, 0.3) is 10.0 Å². The first kappa shape index (κ1) is 35.5. The fraction of sp³-hybridized carbons (Fsp3) is 0.316. The first-order chi connectivity index (χ1) is 23.6. The van der Waals surface area contributed by atoms with Crippen molar-refractivity contribution in [3.05, 3.63) is 126 Å². The smallest absolute Gasteiger partial charge is 0.264 e. The molecule has 11 heteroatoms. The Morgan fingerprint density at radius 2 is 1.43 bits per heavy atom. The highest BCUT2D eigenvalue weighted by atomic mass is 32.2. The lowest BCUT2D eigenvalue weighted by molar-refractivity contribution is -0.140. The van der Waals surface area contributed by atoms with Crippen LogP contribution < -0.4 is 14.4 Å². The molecule has 8 nitrogen and oxygen atoms in total. The molecule has 0 radical (unpaired) electrons. The molecule has 4 aromatic rings. The van der Waals surface area contributed by atoms with E-state index in [2.05, 4.69) is 5.32 Å². The van der Waals surface area contributed by atoms with E-state index in [1.165, 1.54) is 65.6 Å². The van der Waals surface area contributed by atoms with Crippen molar-refractivity contribution in [3.63, 3.8) is 0 Å². The Morgan fingerprint density at radius 1 is 0.816 bits per heavy atom. The van der Waals surface area contributed by atoms with Crippen LogP contribution in [-0.2, 0) is 32.6 Å². The monoisotopic (exact) mass is 689 g/mol. The molecule has 0 saturated heterocycles. The number of rotatable bonds is 14. The summed E-state index contributed by atoms with van der Waals surface area (Å²) in [5, 5.41) is 3.15. The minimum absolute atomic E-state index is 0.0435. The van der Waals surface area contributed by atoms with Crippen LogP contribution in [0.3, 0.4) is 0 Å². The van der Waals surface area contributed by atoms with Gasteiger partial charge in [0.05, 0.1) is 17.2 Å². The van der Waals surface area contributed by atoms with Gasteiger partial charge in [0.1, 0.15) is 30.0 Å². The average Bonchev–Trinajstić information content (AvgIpc) is 3.11. The highest BCUT2D eigenvalue weighted by Gasteiger charge is 2.35. The van der Waals surface area contributed by atoms with Crippen molar-refractivity contribution in [3.8, 4) is 5.75 Å². The van der Waals surface area contributed by atoms with Crippen molar-refractivity contribution >= 4 is 27.5 Å². The highest BCUT2D eigenvalue weighted by molar-refractivity contribution is 7.92. The number of hydrogen-bond donors (Lipinski definition) is 1. The van der Waals surface area contributed by atoms with Crippen LogP contribution in [0.4, 0.5) is 14.5 Å². The van der Waals surface area contributed by atoms with Gasteiger partial charge in [-0.15, -0.1) is 0 Å². The second kappa shape index (κ2) is 16.6. The molecule has 2 amide bonds. The normalized spacial score (nSPS) is 14.1. The van der Waals surface area contributed by atoms with E-state index in [0.29, 0.717) is 17.9 Å². The Balaban J connectivity index is 1.55. The zero-order valence-corrected chi connectivity index (χ0v) is 28.2. The predicted molar refractivity (Wildman–Crippen MR) is 184 cm³/mol. The van der Waals surface area contributed by atoms with Crippen molar-refractivity contribution in [2.45, 2.75) is 69.0 Å². The van der Waals surface area contributed by atoms with Crippen molar-refractivity contribution in [1.29, 1.82) is 0 Å². The van der Waals surface area contributed by atoms with Crippen LogP contribution in [0.5, 0.6) is 5.75 Å². The molecule has 1 aliphatic carbocycles. The van der Waals surface area contributed by atoms with E-state index in [1.54, 1.807) is 0 Å². The molecule has 0 spiro atoms. The molecule has 0 aromatic heterocycles. The van der Waals surface area contributed by atoms with E-state index < -0.39 is 40.2 Å². The topological polar surface area (TPSA) is 96.0 Å². The molecule has 4 aromatic carbocycles. The van der Waals surface area contributed by atoms with E-state index in [4.69, 9.17) is 4.74 Å². The summed E-state index contributed by atoms with van der Waals surface area (Å²) in [4.78, 5) is 30.0. The van der Waals surface area contributed by atoms with Gasteiger partial charge in [-0.25, -0.2) is 17.2 Å². The Hall–Kier alpha value is -4.77. The van der Waals surface area contributed by atoms with Crippen LogP contribution in [0.25, 0.3) is 0 Å². The molecule has 0 heterocycles. The largest absolute Gasteiger partial charge is 0.494 e. The molecule has 1 N–H and O–H groups in total. The van der Waals surface area contributed by atoms with Crippen LogP contribution >= 0.6 is 0 Å². The summed E-state index contributed by atoms with van der Waals surface area (Å²) in [6, 6.07) is 24.4. The Labute approximate surface area is 286 Å². The summed E-state index contributed by atoms with van der Waals surface area (Å²) in [6.45, 7) is 1.43. The van der Waals surface area contributed by atoms with Crippen LogP contribution in [0.2, 0.25) is 0 Å². The first-order valence-corrected chi connectivity index (χ1v) is 18.0. The minimum Gasteiger partial charge on any atom is -0.494 e. The summed E-state index contributed by atoms with van der Waals surface area (Å²) in [5.41, 5.74) is 1.43. The van der Waals surface area contributed by atoms with Crippen molar-refractivity contribution in [2.24, 2.45) is 0 Å². The van der Waals surface area contributed by atoms with Gasteiger partial charge >= 0.3 is 0 Å². The van der Waals surface area contributed by atoms with E-state index in [1.807, 2.05) is 37.3 Å². The van der Waals surface area contributed by atoms with Crippen LogP contribution in [0, 0.1) is 11.6 Å². The first-order valence-electron chi connectivity index (χ1n) is 16.5. The van der Waals surface area contributed by atoms with Crippen LogP contribution in [0.1, 0.15) is 50.2 Å². The molecule has 1 aliphatic rings. The van der Waals surface area contributed by atoms with Gasteiger partial charge in [-0.3, -0.25) is 13.9 Å². The van der Waals surface area contributed by atoms with Gasteiger partial charge in [-0.1, -0.05) is 61.7 Å². The van der Waals surface area contributed by atoms with E-state index in [9.17, 15) is 26.8 Å². The van der Waals surface area contributed by atoms with E-state index in [0.717, 1.165) is 54.1 Å². The summed E-state index contributed by atoms with van der Waals surface area (Å²) >= 11 is 0. The molecule has 258 valence electrons. The van der Waals surface area contributed by atoms with Crippen LogP contribution in [-0.4, -0.2) is 50.4 Å². The summed E-state index contributed by atoms with van der Waals surface area (Å²) in [7, 11) is -4.38. The third-order valence-corrected chi connectivity index (χ3v) is 10.4. The minimum atomic E-state index is -4.38. The number of nitrogens with zero attached hydrogens (tertiary/aromatic N) is 2. The Kier molecular flexibility index (Phi) is 12.0. The highest BCUT2D eigenvalue weighted by Crippen LogP contribution is 2.27. The number of hydrogen-bond acceptors (Lipinski definition) is 5. The summed E-state index contributed by atoms with van der Waals surface area (Å²) in [6.07, 6.45) is 4.89. The molecule has 1 saturated carbocycles. The molecule has 1 fully saturated rings. The van der Waals surface area contributed by atoms with Crippen molar-refractivity contribution in [1.82, 2.24) is 10.2 Å². The average molecular weight is 690 g/mol. The maximum atomic E-state index is 14.6. The summed E-state index contributed by atoms with van der Waals surface area (Å²) in [5.74, 6) is -1.57. The maximum Gasteiger partial charge on any atom is 0.264 e. The lowest BCUT2D eigenvalue weighted by Gasteiger charge is -2.35. The fourth-order valence-electron chi connectivity index (χ4n) is 6.02. The quantitative estimate of drug-likeness (QED) is 0.160. The van der Waals surface area contributed by atoms with Gasteiger partial charge in [0, 0.05) is 19.0 Å². The lowest BCUT2D eigenvalue weighted by atomic mass is 9.94. The lowest BCUT2D eigenvalue weighted by Crippen LogP contribution is -2.55. The standard InChI is InChI=1S/C38H41F2N3O5S/c1-2-48-34-21-23-35(24-22-34)49(46,47)43(33-19-17-31(40)18-20-33)27-37(44)42(26-29-13-15-30(39)16-14-29)36(25-28-9-5-3-6-10-28)38(45)41-32-11-7-4-8-12-32/h3,5-6,9-10,13-24,32,36H,2,4,7-8,11-12,25-27H2,1H3,(H,41,45)/t36-/m0/s1. The van der Waals surface area contributed by atoms with Gasteiger partial charge in [-0.05, 0) is 91.6 Å². The van der Waals surface area contributed by atoms with Gasteiger partial charge < -0.3 is 15.0 Å². The molecular formula is C38H41F2N3O5S. The number of benzene rings is 4. The third-order valence-electron chi connectivity index (χ3n) is 8.61. The number of ether oxygens (including phenoxy) is 1. The molecule has 5 rings (SSSR count). The second-order valence-corrected chi connectivity index (χ2v) is 14.0. The molecule has 0 unspecified atom stereocenters. The summed E-state index contributed by atoms with van der Waals surface area (Å²) < 4.78 is 62.7. The zero-order chi connectivity index (χ0) is 34.8. The third kappa shape index (κ3) is 9.44. The SMILES string of the molecule is CCOc1ccc(S(=O)(=O)N(CC(=O)N(Cc2ccc(F)cc2)[C@@H](Cc2ccccc2)C(=O)NC2CCCCC2)c2ccc(F)cc2)cc1. The zero-order valence-electron chi connectivity index (χ0n) is 27.4. The van der Waals surface area contributed by atoms with Gasteiger partial charge in [0.2, 0.25) is 11.8 Å². The number of sulfonamides is 1. The van der Waals surface area contributed by atoms with Crippen molar-refractivity contribution in [2.75, 3.05) is 17.5 Å². The predicted octanol–water partition coefficient (Wildman–Crippen LogP) is 6.65. The number of carbonyl (C=O) groups excluding carboxylic acids is 2. The number of nitrogens with one attached hydrogen (secondary N) is 1. The maximum absolute atomic E-state index is 14.6. The van der Waals surface area contributed by atoms with Gasteiger partial charge in [0.15, 0.2) is 0 Å². The number of carbonyl (C=O) groups is 2. The number of halogens is 2. The fourth-order valence-corrected chi connectivity index (χ4v) is 7.44. The molecule has 1 atom stereocenters. The number of amides is 2. The number of anilines is 1. The second-order valence-electron chi connectivity index (χ2n) is 12.1. The molecular weight excluding hydrogens is 648 g/mol. The van der Waals surface area contributed by atoms with E-state index in [-0.39, 0.29) is 35.5 Å². The molecule has 49 heavy (non-hydrogen) atoms. The Bertz CT molecular complexity index is 1780. The molecule has 0 aliphatic heterocycles. The van der Waals surface area contributed by atoms with Crippen molar-refractivity contribution < 1.29 is 31.5 Å². The van der Waals surface area contributed by atoms with Crippen LogP contribution in [0.15, 0.2) is 108 Å². The molecule has 0 bridgehead atoms. The Morgan fingerprint density at radius 3 is 2.04 bits per heavy atom. The van der Waals surface area contributed by atoms with Gasteiger partial charge in [-0.2, -0.15) is 0 Å². The van der Waals surface area contributed by atoms with E-state index >= 15 is 0 Å².